The van der Waals surface area contributed by atoms with E-state index in [-0.39, 0.29) is 5.56 Å². The summed E-state index contributed by atoms with van der Waals surface area (Å²) in [4.78, 5) is 37.8. The molecule has 0 aromatic heterocycles. The van der Waals surface area contributed by atoms with E-state index in [0.29, 0.717) is 22.5 Å². The number of rotatable bonds is 8. The zero-order valence-corrected chi connectivity index (χ0v) is 21.6. The molecule has 37 heavy (non-hydrogen) atoms. The van der Waals surface area contributed by atoms with E-state index in [2.05, 4.69) is 0 Å². The minimum atomic E-state index is -5.62. The number of anilines is 2. The summed E-state index contributed by atoms with van der Waals surface area (Å²) in [5, 5.41) is 8.54. The second kappa shape index (κ2) is 10.2. The molecule has 4 aromatic rings. The number of nitrogens with zero attached hydrogens (tertiary/aromatic N) is 1. The molecule has 13 heteroatoms. The third-order valence-corrected chi connectivity index (χ3v) is 10.3. The standard InChI is InChI=1S/C24H23NO9P2S/c26-24(35(27,28)29,36(30,31)32)16-17-5-3-8-19(13-17)21-9-4-10-22(15-21)25(37(33)34)23-12-11-18-6-1-2-7-20(18)14-23/h1-15,26H,16H2,(H,33,34)(H2,27,28,29)(H2,30,31,32). The SMILES string of the molecule is O=S(O)N(c1cccc(-c2cccc(CC(O)(P(=O)(O)O)P(=O)(O)O)c2)c1)c1ccc2ccccc2c1. The van der Waals surface area contributed by atoms with Crippen molar-refractivity contribution in [1.82, 2.24) is 0 Å². The first-order chi connectivity index (χ1) is 17.3. The monoisotopic (exact) mass is 563 g/mol. The van der Waals surface area contributed by atoms with Crippen molar-refractivity contribution in [3.8, 4) is 11.1 Å². The summed E-state index contributed by atoms with van der Waals surface area (Å²) in [6, 6.07) is 25.4. The van der Waals surface area contributed by atoms with Gasteiger partial charge in [0.05, 0.1) is 11.4 Å². The first-order valence-electron chi connectivity index (χ1n) is 10.7. The highest BCUT2D eigenvalue weighted by Crippen LogP contribution is 2.68. The summed E-state index contributed by atoms with van der Waals surface area (Å²) in [7, 11) is -11.2. The van der Waals surface area contributed by atoms with Crippen molar-refractivity contribution in [2.75, 3.05) is 4.31 Å². The van der Waals surface area contributed by atoms with E-state index in [1.165, 1.54) is 22.5 Å². The van der Waals surface area contributed by atoms with Crippen LogP contribution in [-0.4, -0.2) is 38.5 Å². The van der Waals surface area contributed by atoms with Gasteiger partial charge in [-0.05, 0) is 51.7 Å². The van der Waals surface area contributed by atoms with Gasteiger partial charge in [-0.3, -0.25) is 13.7 Å². The van der Waals surface area contributed by atoms with Crippen LogP contribution in [0.4, 0.5) is 11.4 Å². The van der Waals surface area contributed by atoms with E-state index in [4.69, 9.17) is 0 Å². The van der Waals surface area contributed by atoms with Gasteiger partial charge in [-0.2, -0.15) is 0 Å². The highest BCUT2D eigenvalue weighted by atomic mass is 32.2. The van der Waals surface area contributed by atoms with Crippen molar-refractivity contribution >= 4 is 48.6 Å². The number of benzene rings is 4. The van der Waals surface area contributed by atoms with E-state index in [1.807, 2.05) is 30.3 Å². The Morgan fingerprint density at radius 2 is 1.27 bits per heavy atom. The number of fused-ring (bicyclic) bond motifs is 1. The molecule has 0 saturated heterocycles. The summed E-state index contributed by atoms with van der Waals surface area (Å²) in [6.45, 7) is 0. The molecule has 0 bridgehead atoms. The second-order valence-electron chi connectivity index (χ2n) is 8.35. The van der Waals surface area contributed by atoms with Crippen LogP contribution in [-0.2, 0) is 26.8 Å². The maximum atomic E-state index is 12.3. The highest BCUT2D eigenvalue weighted by Gasteiger charge is 2.59. The Morgan fingerprint density at radius 1 is 0.703 bits per heavy atom. The molecular formula is C24H23NO9P2S. The molecule has 0 saturated carbocycles. The van der Waals surface area contributed by atoms with Gasteiger partial charge in [0, 0.05) is 6.42 Å². The van der Waals surface area contributed by atoms with Crippen LogP contribution in [0.15, 0.2) is 91.0 Å². The quantitative estimate of drug-likeness (QED) is 0.135. The van der Waals surface area contributed by atoms with Gasteiger partial charge < -0.3 is 24.7 Å². The fourth-order valence-electron chi connectivity index (χ4n) is 3.95. The molecule has 4 rings (SSSR count). The lowest BCUT2D eigenvalue weighted by molar-refractivity contribution is 0.131. The first kappa shape index (κ1) is 27.3. The lowest BCUT2D eigenvalue weighted by atomic mass is 10.0. The Balaban J connectivity index is 1.73. The first-order valence-corrected chi connectivity index (χ1v) is 15.0. The van der Waals surface area contributed by atoms with E-state index in [0.717, 1.165) is 10.8 Å². The second-order valence-corrected chi connectivity index (χ2v) is 13.2. The molecule has 10 nitrogen and oxygen atoms in total. The zero-order valence-electron chi connectivity index (χ0n) is 19.0. The molecule has 0 aliphatic carbocycles. The molecule has 1 atom stereocenters. The molecule has 0 spiro atoms. The summed E-state index contributed by atoms with van der Waals surface area (Å²) < 4.78 is 47.2. The summed E-state index contributed by atoms with van der Waals surface area (Å²) >= 11 is -2.42. The minimum Gasteiger partial charge on any atom is -0.367 e. The molecule has 6 N–H and O–H groups in total. The van der Waals surface area contributed by atoms with Gasteiger partial charge in [-0.1, -0.05) is 66.7 Å². The Hall–Kier alpha value is -2.69. The molecule has 194 valence electrons. The van der Waals surface area contributed by atoms with Gasteiger partial charge in [0.25, 0.3) is 16.3 Å². The van der Waals surface area contributed by atoms with E-state index < -0.39 is 38.0 Å². The van der Waals surface area contributed by atoms with Gasteiger partial charge in [-0.15, -0.1) is 0 Å². The average molecular weight is 563 g/mol. The fraction of sp³-hybridized carbons (Fsp3) is 0.0833. The van der Waals surface area contributed by atoms with Crippen molar-refractivity contribution < 1.29 is 42.6 Å². The lowest BCUT2D eigenvalue weighted by Crippen LogP contribution is -2.31. The molecule has 4 aromatic carbocycles. The molecule has 0 radical (unpaired) electrons. The number of aliphatic hydroxyl groups is 1. The van der Waals surface area contributed by atoms with Gasteiger partial charge in [-0.25, -0.2) is 8.51 Å². The van der Waals surface area contributed by atoms with Crippen molar-refractivity contribution in [2.24, 2.45) is 0 Å². The van der Waals surface area contributed by atoms with Crippen LogP contribution in [0.1, 0.15) is 5.56 Å². The van der Waals surface area contributed by atoms with Crippen LogP contribution in [0.25, 0.3) is 21.9 Å². The molecule has 0 heterocycles. The van der Waals surface area contributed by atoms with E-state index in [9.17, 15) is 42.6 Å². The molecule has 0 aliphatic heterocycles. The lowest BCUT2D eigenvalue weighted by Gasteiger charge is -2.29. The van der Waals surface area contributed by atoms with Crippen LogP contribution in [0.5, 0.6) is 0 Å². The predicted octanol–water partition coefficient (Wildman–Crippen LogP) is 4.33. The zero-order chi connectivity index (χ0) is 27.0. The minimum absolute atomic E-state index is 0.0640. The molecule has 0 aliphatic rings. The number of hydrogen-bond donors (Lipinski definition) is 6. The average Bonchev–Trinajstić information content (AvgIpc) is 2.83. The Morgan fingerprint density at radius 3 is 1.89 bits per heavy atom. The highest BCUT2D eigenvalue weighted by molar-refractivity contribution is 7.81. The van der Waals surface area contributed by atoms with Crippen molar-refractivity contribution in [1.29, 1.82) is 0 Å². The van der Waals surface area contributed by atoms with Crippen LogP contribution >= 0.6 is 15.2 Å². The van der Waals surface area contributed by atoms with Crippen LogP contribution < -0.4 is 4.31 Å². The summed E-state index contributed by atoms with van der Waals surface area (Å²) in [5.41, 5.74) is 1.95. The molecule has 0 fully saturated rings. The van der Waals surface area contributed by atoms with Crippen molar-refractivity contribution in [3.63, 3.8) is 0 Å². The van der Waals surface area contributed by atoms with Crippen LogP contribution in [0.3, 0.4) is 0 Å². The smallest absolute Gasteiger partial charge is 0.367 e. The Bertz CT molecular complexity index is 1560. The third kappa shape index (κ3) is 5.61. The van der Waals surface area contributed by atoms with Gasteiger partial charge in [0.2, 0.25) is 0 Å². The van der Waals surface area contributed by atoms with Gasteiger partial charge in [0.15, 0.2) is 0 Å². The Labute approximate surface area is 214 Å². The van der Waals surface area contributed by atoms with Gasteiger partial charge >= 0.3 is 15.2 Å². The molecular weight excluding hydrogens is 540 g/mol. The Kier molecular flexibility index (Phi) is 7.56. The fourth-order valence-corrected chi connectivity index (χ4v) is 6.68. The predicted molar refractivity (Wildman–Crippen MR) is 141 cm³/mol. The summed E-state index contributed by atoms with van der Waals surface area (Å²) in [5.74, 6) is 0. The van der Waals surface area contributed by atoms with Crippen LogP contribution in [0, 0.1) is 0 Å². The van der Waals surface area contributed by atoms with E-state index in [1.54, 1.807) is 42.5 Å². The van der Waals surface area contributed by atoms with Crippen LogP contribution in [0.2, 0.25) is 0 Å². The van der Waals surface area contributed by atoms with E-state index >= 15 is 0 Å². The maximum Gasteiger partial charge on any atom is 0.369 e. The topological polar surface area (TPSA) is 176 Å². The molecule has 1 unspecified atom stereocenters. The summed E-state index contributed by atoms with van der Waals surface area (Å²) in [6.07, 6.45) is -1.00. The maximum absolute atomic E-state index is 12.3. The largest absolute Gasteiger partial charge is 0.369 e. The third-order valence-electron chi connectivity index (χ3n) is 5.84. The van der Waals surface area contributed by atoms with Gasteiger partial charge in [0.1, 0.15) is 0 Å². The number of hydrogen-bond acceptors (Lipinski definition) is 4. The normalized spacial score (nSPS) is 13.5. The van der Waals surface area contributed by atoms with Crippen molar-refractivity contribution in [2.45, 2.75) is 11.5 Å². The van der Waals surface area contributed by atoms with Crippen molar-refractivity contribution in [3.05, 3.63) is 96.6 Å². The molecule has 0 amide bonds.